The molecule has 1 N–H and O–H groups in total. The lowest BCUT2D eigenvalue weighted by molar-refractivity contribution is -0.134. The van der Waals surface area contributed by atoms with Crippen molar-refractivity contribution in [3.8, 4) is 23.0 Å². The van der Waals surface area contributed by atoms with E-state index < -0.39 is 0 Å². The van der Waals surface area contributed by atoms with Crippen LogP contribution in [0.15, 0.2) is 42.2 Å². The van der Waals surface area contributed by atoms with Crippen LogP contribution in [0.4, 0.5) is 0 Å². The van der Waals surface area contributed by atoms with Crippen LogP contribution >= 0.6 is 0 Å². The minimum Gasteiger partial charge on any atom is -0.497 e. The van der Waals surface area contributed by atoms with Crippen LogP contribution in [0.2, 0.25) is 0 Å². The van der Waals surface area contributed by atoms with Crippen LogP contribution in [-0.2, 0) is 4.79 Å². The highest BCUT2D eigenvalue weighted by atomic mass is 16.5. The van der Waals surface area contributed by atoms with Gasteiger partial charge in [-0.15, -0.1) is 0 Å². The highest BCUT2D eigenvalue weighted by Gasteiger charge is 2.30. The van der Waals surface area contributed by atoms with Crippen molar-refractivity contribution in [2.75, 3.05) is 34.0 Å². The lowest BCUT2D eigenvalue weighted by Crippen LogP contribution is -2.40. The number of benzene rings is 2. The number of aliphatic hydroxyl groups is 1. The molecule has 2 aliphatic rings. The van der Waals surface area contributed by atoms with E-state index >= 15 is 0 Å². The Hall–Kier alpha value is -3.52. The maximum Gasteiger partial charge on any atom is 0.260 e. The molecule has 1 amide bonds. The summed E-state index contributed by atoms with van der Waals surface area (Å²) < 4.78 is 22.0. The van der Waals surface area contributed by atoms with E-state index in [1.165, 1.54) is 0 Å². The van der Waals surface area contributed by atoms with E-state index in [0.29, 0.717) is 40.7 Å². The number of ether oxygens (including phenoxy) is 4. The number of Topliss-reactive ketones (excluding diaryl/α,β-unsaturated/α-hetero) is 1. The molecule has 168 valence electrons. The zero-order valence-corrected chi connectivity index (χ0v) is 18.0. The van der Waals surface area contributed by atoms with Crippen LogP contribution in [0, 0.1) is 0 Å². The number of carbonyl (C=O) groups is 2. The van der Waals surface area contributed by atoms with Crippen LogP contribution in [0.1, 0.15) is 28.8 Å². The van der Waals surface area contributed by atoms with Gasteiger partial charge in [-0.05, 0) is 43.2 Å². The summed E-state index contributed by atoms with van der Waals surface area (Å²) >= 11 is 0. The van der Waals surface area contributed by atoms with Gasteiger partial charge in [-0.2, -0.15) is 0 Å². The summed E-state index contributed by atoms with van der Waals surface area (Å²) in [5.74, 6) is 1.73. The third kappa shape index (κ3) is 4.27. The van der Waals surface area contributed by atoms with Gasteiger partial charge in [0.2, 0.25) is 5.78 Å². The lowest BCUT2D eigenvalue weighted by atomic mass is 10.1. The Morgan fingerprint density at radius 1 is 1.19 bits per heavy atom. The van der Waals surface area contributed by atoms with Crippen molar-refractivity contribution in [1.29, 1.82) is 0 Å². The largest absolute Gasteiger partial charge is 0.497 e. The van der Waals surface area contributed by atoms with Gasteiger partial charge in [0, 0.05) is 24.2 Å². The molecule has 2 aromatic carbocycles. The molecule has 0 spiro atoms. The summed E-state index contributed by atoms with van der Waals surface area (Å²) in [7, 11) is 3.11. The van der Waals surface area contributed by atoms with Crippen LogP contribution in [0.25, 0.3) is 6.08 Å². The average molecular weight is 439 g/mol. The van der Waals surface area contributed by atoms with E-state index in [2.05, 4.69) is 0 Å². The van der Waals surface area contributed by atoms with Crippen molar-refractivity contribution in [3.63, 3.8) is 0 Å². The van der Waals surface area contributed by atoms with Gasteiger partial charge >= 0.3 is 0 Å². The summed E-state index contributed by atoms with van der Waals surface area (Å²) in [4.78, 5) is 26.8. The fourth-order valence-electron chi connectivity index (χ4n) is 3.92. The molecule has 2 aliphatic heterocycles. The molecule has 8 heteroatoms. The minimum absolute atomic E-state index is 0.0470. The highest BCUT2D eigenvalue weighted by molar-refractivity contribution is 6.14. The van der Waals surface area contributed by atoms with Gasteiger partial charge in [0.25, 0.3) is 5.91 Å². The molecule has 32 heavy (non-hydrogen) atoms. The Balaban J connectivity index is 1.47. The molecule has 2 aromatic rings. The number of fused-ring (bicyclic) bond motifs is 1. The van der Waals surface area contributed by atoms with Crippen molar-refractivity contribution in [3.05, 3.63) is 53.3 Å². The Labute approximate surface area is 185 Å². The van der Waals surface area contributed by atoms with Crippen LogP contribution in [0.5, 0.6) is 23.0 Å². The number of methoxy groups -OCH3 is 2. The Morgan fingerprint density at radius 2 is 2.00 bits per heavy atom. The van der Waals surface area contributed by atoms with Gasteiger partial charge in [-0.3, -0.25) is 9.59 Å². The monoisotopic (exact) mass is 439 g/mol. The van der Waals surface area contributed by atoms with Gasteiger partial charge in [0.1, 0.15) is 23.0 Å². The van der Waals surface area contributed by atoms with Gasteiger partial charge in [-0.1, -0.05) is 0 Å². The Bertz CT molecular complexity index is 1060. The maximum atomic E-state index is 12.8. The molecular formula is C24H25NO7. The topological polar surface area (TPSA) is 94.5 Å². The molecular weight excluding hydrogens is 414 g/mol. The fraction of sp³-hybridized carbons (Fsp3) is 0.333. The highest BCUT2D eigenvalue weighted by Crippen LogP contribution is 2.36. The molecule has 1 atom stereocenters. The Kier molecular flexibility index (Phi) is 6.32. The average Bonchev–Trinajstić information content (AvgIpc) is 3.42. The molecule has 4 rings (SSSR count). The second kappa shape index (κ2) is 9.32. The first kappa shape index (κ1) is 21.7. The van der Waals surface area contributed by atoms with E-state index in [1.807, 2.05) is 0 Å². The number of nitrogens with zero attached hydrogens (tertiary/aromatic N) is 1. The summed E-state index contributed by atoms with van der Waals surface area (Å²) in [6, 6.07) is 9.99. The van der Waals surface area contributed by atoms with Crippen molar-refractivity contribution < 1.29 is 33.6 Å². The predicted octanol–water partition coefficient (Wildman–Crippen LogP) is 2.68. The second-order valence-electron chi connectivity index (χ2n) is 7.56. The van der Waals surface area contributed by atoms with E-state index in [1.54, 1.807) is 61.6 Å². The van der Waals surface area contributed by atoms with Crippen LogP contribution < -0.4 is 18.9 Å². The first-order chi connectivity index (χ1) is 15.5. The van der Waals surface area contributed by atoms with Crippen molar-refractivity contribution in [2.45, 2.75) is 18.9 Å². The standard InChI is InChI=1S/C24H25NO7/c1-29-17-6-5-15(20(11-17)30-2)10-22-24(28)19-8-7-18(12-21(19)32-22)31-14-23(27)25-9-3-4-16(25)13-26/h5-8,10-12,16,26H,3-4,9,13-14H2,1-2H3/b22-10-/t16-/m0/s1. The first-order valence-electron chi connectivity index (χ1n) is 10.4. The number of hydrogen-bond acceptors (Lipinski definition) is 7. The Morgan fingerprint density at radius 3 is 2.75 bits per heavy atom. The lowest BCUT2D eigenvalue weighted by Gasteiger charge is -2.22. The third-order valence-corrected chi connectivity index (χ3v) is 5.64. The summed E-state index contributed by atoms with van der Waals surface area (Å²) in [5, 5.41) is 9.39. The number of ketones is 1. The van der Waals surface area contributed by atoms with Gasteiger partial charge < -0.3 is 29.0 Å². The van der Waals surface area contributed by atoms with E-state index in [-0.39, 0.29) is 36.7 Å². The van der Waals surface area contributed by atoms with Crippen molar-refractivity contribution in [1.82, 2.24) is 4.90 Å². The number of allylic oxidation sites excluding steroid dienone is 1. The number of aliphatic hydroxyl groups excluding tert-OH is 1. The molecule has 0 unspecified atom stereocenters. The van der Waals surface area contributed by atoms with E-state index in [4.69, 9.17) is 18.9 Å². The first-order valence-corrected chi connectivity index (χ1v) is 10.4. The molecule has 1 fully saturated rings. The maximum absolute atomic E-state index is 12.8. The molecule has 0 aromatic heterocycles. The van der Waals surface area contributed by atoms with Gasteiger partial charge in [0.05, 0.1) is 32.4 Å². The molecule has 0 saturated carbocycles. The zero-order valence-electron chi connectivity index (χ0n) is 18.0. The van der Waals surface area contributed by atoms with Gasteiger partial charge in [0.15, 0.2) is 12.4 Å². The molecule has 0 bridgehead atoms. The van der Waals surface area contributed by atoms with Gasteiger partial charge in [-0.25, -0.2) is 0 Å². The number of rotatable bonds is 7. The molecule has 1 saturated heterocycles. The van der Waals surface area contributed by atoms with E-state index in [9.17, 15) is 14.7 Å². The number of carbonyl (C=O) groups excluding carboxylic acids is 2. The summed E-state index contributed by atoms with van der Waals surface area (Å²) in [6.07, 6.45) is 3.29. The van der Waals surface area contributed by atoms with Crippen molar-refractivity contribution in [2.24, 2.45) is 0 Å². The number of hydrogen-bond donors (Lipinski definition) is 1. The second-order valence-corrected chi connectivity index (χ2v) is 7.56. The zero-order chi connectivity index (χ0) is 22.7. The van der Waals surface area contributed by atoms with Crippen LogP contribution in [-0.4, -0.2) is 61.7 Å². The summed E-state index contributed by atoms with van der Waals surface area (Å²) in [5.41, 5.74) is 1.10. The van der Waals surface area contributed by atoms with E-state index in [0.717, 1.165) is 12.8 Å². The minimum atomic E-state index is -0.247. The molecule has 8 nitrogen and oxygen atoms in total. The molecule has 2 heterocycles. The molecule has 0 radical (unpaired) electrons. The quantitative estimate of drug-likeness (QED) is 0.663. The van der Waals surface area contributed by atoms with Crippen molar-refractivity contribution >= 4 is 17.8 Å². The van der Waals surface area contributed by atoms with Crippen LogP contribution in [0.3, 0.4) is 0 Å². The fourth-order valence-corrected chi connectivity index (χ4v) is 3.92. The SMILES string of the molecule is COc1ccc(/C=C2\Oc3cc(OCC(=O)N4CCC[C@H]4CO)ccc3C2=O)c(OC)c1. The number of likely N-dealkylation sites (tertiary alicyclic amines) is 1. The molecule has 0 aliphatic carbocycles. The third-order valence-electron chi connectivity index (χ3n) is 5.64. The smallest absolute Gasteiger partial charge is 0.260 e. The number of amides is 1. The summed E-state index contributed by atoms with van der Waals surface area (Å²) in [6.45, 7) is 0.432. The predicted molar refractivity (Wildman–Crippen MR) is 116 cm³/mol. The normalized spacial score (nSPS) is 18.5.